The molecule has 2 aromatic rings. The highest BCUT2D eigenvalue weighted by Crippen LogP contribution is 2.41. The van der Waals surface area contributed by atoms with E-state index in [1.807, 2.05) is 6.07 Å². The quantitative estimate of drug-likeness (QED) is 0.677. The van der Waals surface area contributed by atoms with Gasteiger partial charge in [-0.2, -0.15) is 5.10 Å². The number of rotatable bonds is 1. The van der Waals surface area contributed by atoms with Crippen molar-refractivity contribution < 1.29 is 4.74 Å². The van der Waals surface area contributed by atoms with Crippen LogP contribution in [0.5, 0.6) is 5.88 Å². The van der Waals surface area contributed by atoms with Gasteiger partial charge >= 0.3 is 0 Å². The fourth-order valence-corrected chi connectivity index (χ4v) is 2.44. The number of hydrogen-bond donors (Lipinski definition) is 2. The molecule has 3 rings (SSSR count). The van der Waals surface area contributed by atoms with Gasteiger partial charge in [-0.3, -0.25) is 4.79 Å². The van der Waals surface area contributed by atoms with Gasteiger partial charge in [0, 0.05) is 6.07 Å². The van der Waals surface area contributed by atoms with Crippen molar-refractivity contribution in [1.82, 2.24) is 15.2 Å². The molecule has 0 spiro atoms. The molecule has 0 amide bonds. The number of nitrogens with zero attached hydrogens (tertiary/aromatic N) is 2. The first-order chi connectivity index (χ1) is 8.28. The summed E-state index contributed by atoms with van der Waals surface area (Å²) in [5, 5.41) is 9.97. The molecule has 3 heterocycles. The molecule has 7 heteroatoms. The van der Waals surface area contributed by atoms with Gasteiger partial charge in [0.2, 0.25) is 5.88 Å². The summed E-state index contributed by atoms with van der Waals surface area (Å²) in [6.45, 7) is 0. The maximum Gasteiger partial charge on any atom is 0.280 e. The van der Waals surface area contributed by atoms with E-state index in [1.54, 1.807) is 19.4 Å². The molecule has 1 aliphatic rings. The number of pyridine rings is 1. The maximum absolute atomic E-state index is 11.6. The third kappa shape index (κ3) is 1.64. The Kier molecular flexibility index (Phi) is 2.25. The maximum atomic E-state index is 11.6. The number of hydrogen-bond acceptors (Lipinski definition) is 6. The van der Waals surface area contributed by atoms with Crippen LogP contribution in [0.1, 0.15) is 0 Å². The van der Waals surface area contributed by atoms with E-state index in [9.17, 15) is 4.79 Å². The van der Waals surface area contributed by atoms with E-state index < -0.39 is 0 Å². The van der Waals surface area contributed by atoms with Crippen molar-refractivity contribution in [3.8, 4) is 5.88 Å². The average Bonchev–Trinajstić information content (AvgIpc) is 2.37. The zero-order valence-electron chi connectivity index (χ0n) is 8.85. The van der Waals surface area contributed by atoms with E-state index in [2.05, 4.69) is 20.5 Å². The van der Waals surface area contributed by atoms with Gasteiger partial charge in [0.1, 0.15) is 9.92 Å². The summed E-state index contributed by atoms with van der Waals surface area (Å²) in [7, 11) is 1.56. The molecule has 86 valence electrons. The van der Waals surface area contributed by atoms with Crippen molar-refractivity contribution in [3.05, 3.63) is 28.7 Å². The van der Waals surface area contributed by atoms with Crippen LogP contribution in [0.25, 0.3) is 0 Å². The van der Waals surface area contributed by atoms with Crippen LogP contribution < -0.4 is 15.6 Å². The SMILES string of the molecule is COc1ccc2c(n1)Sc1c(cn[nH]c1=O)N2. The molecule has 0 fully saturated rings. The number of anilines is 2. The lowest BCUT2D eigenvalue weighted by molar-refractivity contribution is 0.394. The molecule has 0 saturated heterocycles. The summed E-state index contributed by atoms with van der Waals surface area (Å²) in [5.74, 6) is 0.520. The molecular weight excluding hydrogens is 240 g/mol. The fourth-order valence-electron chi connectivity index (χ4n) is 1.53. The minimum absolute atomic E-state index is 0.227. The average molecular weight is 248 g/mol. The fraction of sp³-hybridized carbons (Fsp3) is 0.100. The highest BCUT2D eigenvalue weighted by atomic mass is 32.2. The van der Waals surface area contributed by atoms with Gasteiger partial charge in [-0.25, -0.2) is 10.1 Å². The Morgan fingerprint density at radius 3 is 3.06 bits per heavy atom. The zero-order chi connectivity index (χ0) is 11.8. The van der Waals surface area contributed by atoms with Crippen molar-refractivity contribution >= 4 is 23.1 Å². The molecule has 0 saturated carbocycles. The number of ether oxygens (including phenoxy) is 1. The molecule has 0 aliphatic carbocycles. The van der Waals surface area contributed by atoms with Crippen LogP contribution in [0, 0.1) is 0 Å². The molecule has 17 heavy (non-hydrogen) atoms. The number of methoxy groups -OCH3 is 1. The summed E-state index contributed by atoms with van der Waals surface area (Å²) < 4.78 is 5.05. The predicted octanol–water partition coefficient (Wildman–Crippen LogP) is 1.38. The normalized spacial score (nSPS) is 12.3. The Labute approximate surface area is 100 Å². The summed E-state index contributed by atoms with van der Waals surface area (Å²) in [5.41, 5.74) is 1.31. The van der Waals surface area contributed by atoms with Gasteiger partial charge in [0.05, 0.1) is 24.7 Å². The van der Waals surface area contributed by atoms with Crippen LogP contribution in [0.3, 0.4) is 0 Å². The lowest BCUT2D eigenvalue weighted by atomic mass is 10.3. The van der Waals surface area contributed by atoms with Gasteiger partial charge in [0.25, 0.3) is 5.56 Å². The molecule has 6 nitrogen and oxygen atoms in total. The van der Waals surface area contributed by atoms with E-state index >= 15 is 0 Å². The first-order valence-electron chi connectivity index (χ1n) is 4.85. The minimum atomic E-state index is -0.227. The zero-order valence-corrected chi connectivity index (χ0v) is 9.67. The number of fused-ring (bicyclic) bond motifs is 2. The summed E-state index contributed by atoms with van der Waals surface area (Å²) in [4.78, 5) is 16.4. The summed E-state index contributed by atoms with van der Waals surface area (Å²) in [6, 6.07) is 3.62. The number of H-pyrrole nitrogens is 1. The molecule has 2 N–H and O–H groups in total. The summed E-state index contributed by atoms with van der Waals surface area (Å²) >= 11 is 1.30. The summed E-state index contributed by atoms with van der Waals surface area (Å²) in [6.07, 6.45) is 1.58. The Balaban J connectivity index is 2.11. The first-order valence-corrected chi connectivity index (χ1v) is 5.67. The Morgan fingerprint density at radius 2 is 2.24 bits per heavy atom. The standard InChI is InChI=1S/C10H8N4O2S/c1-16-7-3-2-5-10(13-7)17-8-6(12-5)4-11-14-9(8)15/h2-4,12H,1H3,(H,14,15). The minimum Gasteiger partial charge on any atom is -0.481 e. The molecule has 0 bridgehead atoms. The number of nitrogens with one attached hydrogen (secondary N) is 2. The second-order valence-corrected chi connectivity index (χ2v) is 4.37. The van der Waals surface area contributed by atoms with Gasteiger partial charge in [-0.15, -0.1) is 0 Å². The molecule has 0 unspecified atom stereocenters. The Bertz CT molecular complexity index is 640. The molecular formula is C10H8N4O2S. The van der Waals surface area contributed by atoms with Crippen LogP contribution >= 0.6 is 11.8 Å². The highest BCUT2D eigenvalue weighted by Gasteiger charge is 2.20. The third-order valence-electron chi connectivity index (χ3n) is 2.32. The van der Waals surface area contributed by atoms with E-state index in [0.29, 0.717) is 21.5 Å². The van der Waals surface area contributed by atoms with E-state index in [0.717, 1.165) is 5.69 Å². The lowest BCUT2D eigenvalue weighted by Gasteiger charge is -2.18. The van der Waals surface area contributed by atoms with E-state index in [1.165, 1.54) is 11.8 Å². The number of aromatic amines is 1. The largest absolute Gasteiger partial charge is 0.481 e. The smallest absolute Gasteiger partial charge is 0.280 e. The predicted molar refractivity (Wildman–Crippen MR) is 63.1 cm³/mol. The van der Waals surface area contributed by atoms with Crippen LogP contribution in [-0.4, -0.2) is 22.3 Å². The molecule has 2 aromatic heterocycles. The first kappa shape index (κ1) is 10.2. The van der Waals surface area contributed by atoms with Crippen molar-refractivity contribution in [2.24, 2.45) is 0 Å². The second kappa shape index (κ2) is 3.77. The van der Waals surface area contributed by atoms with Gasteiger partial charge < -0.3 is 10.1 Å². The second-order valence-electron chi connectivity index (χ2n) is 3.38. The van der Waals surface area contributed by atoms with Crippen LogP contribution in [-0.2, 0) is 0 Å². The molecule has 0 atom stereocenters. The Morgan fingerprint density at radius 1 is 1.35 bits per heavy atom. The van der Waals surface area contributed by atoms with Gasteiger partial charge in [-0.1, -0.05) is 11.8 Å². The van der Waals surface area contributed by atoms with Crippen molar-refractivity contribution in [2.75, 3.05) is 12.4 Å². The van der Waals surface area contributed by atoms with E-state index in [-0.39, 0.29) is 5.56 Å². The molecule has 0 radical (unpaired) electrons. The van der Waals surface area contributed by atoms with Crippen molar-refractivity contribution in [1.29, 1.82) is 0 Å². The van der Waals surface area contributed by atoms with E-state index in [4.69, 9.17) is 4.74 Å². The van der Waals surface area contributed by atoms with Crippen LogP contribution in [0.4, 0.5) is 11.4 Å². The highest BCUT2D eigenvalue weighted by molar-refractivity contribution is 7.99. The lowest BCUT2D eigenvalue weighted by Crippen LogP contribution is -2.15. The van der Waals surface area contributed by atoms with Crippen LogP contribution in [0.15, 0.2) is 33.0 Å². The van der Waals surface area contributed by atoms with Crippen LogP contribution in [0.2, 0.25) is 0 Å². The third-order valence-corrected chi connectivity index (χ3v) is 3.44. The molecule has 0 aromatic carbocycles. The monoisotopic (exact) mass is 248 g/mol. The Hall–Kier alpha value is -2.02. The van der Waals surface area contributed by atoms with Gasteiger partial charge in [-0.05, 0) is 6.07 Å². The number of aromatic nitrogens is 3. The van der Waals surface area contributed by atoms with Crippen molar-refractivity contribution in [2.45, 2.75) is 9.92 Å². The van der Waals surface area contributed by atoms with Gasteiger partial charge in [0.15, 0.2) is 0 Å². The van der Waals surface area contributed by atoms with Crippen molar-refractivity contribution in [3.63, 3.8) is 0 Å². The topological polar surface area (TPSA) is 79.9 Å². The molecule has 1 aliphatic heterocycles.